The van der Waals surface area contributed by atoms with E-state index in [0.717, 1.165) is 31.6 Å². The molecule has 3 rings (SSSR count). The Bertz CT molecular complexity index is 671. The van der Waals surface area contributed by atoms with E-state index in [0.29, 0.717) is 18.8 Å². The van der Waals surface area contributed by atoms with Crippen LogP contribution in [0.25, 0.3) is 11.1 Å². The van der Waals surface area contributed by atoms with Crippen molar-refractivity contribution >= 4 is 0 Å². The first-order valence-corrected chi connectivity index (χ1v) is 10.3. The van der Waals surface area contributed by atoms with Crippen LogP contribution in [0.1, 0.15) is 63.4 Å². The molecule has 0 amide bonds. The van der Waals surface area contributed by atoms with Gasteiger partial charge < -0.3 is 4.74 Å². The Morgan fingerprint density at radius 3 is 2.00 bits per heavy atom. The number of unbranched alkanes of at least 4 members (excludes halogenated alkanes) is 2. The minimum absolute atomic E-state index is 0.400. The van der Waals surface area contributed by atoms with Gasteiger partial charge in [-0.1, -0.05) is 56.2 Å². The average Bonchev–Trinajstić information content (AvgIpc) is 2.72. The summed E-state index contributed by atoms with van der Waals surface area (Å²) in [5.74, 6) is 0.943. The van der Waals surface area contributed by atoms with E-state index in [4.69, 9.17) is 4.74 Å². The van der Waals surface area contributed by atoms with Gasteiger partial charge in [0, 0.05) is 5.92 Å². The van der Waals surface area contributed by atoms with Crippen molar-refractivity contribution in [3.8, 4) is 16.9 Å². The van der Waals surface area contributed by atoms with Crippen molar-refractivity contribution in [1.29, 1.82) is 0 Å². The lowest BCUT2D eigenvalue weighted by Crippen LogP contribution is -2.19. The van der Waals surface area contributed by atoms with Gasteiger partial charge in [-0.2, -0.15) is 0 Å². The van der Waals surface area contributed by atoms with Gasteiger partial charge in [0.05, 0.1) is 6.61 Å². The summed E-state index contributed by atoms with van der Waals surface area (Å²) in [6, 6.07) is 16.9. The Balaban J connectivity index is 1.56. The van der Waals surface area contributed by atoms with E-state index in [1.165, 1.54) is 29.5 Å². The molecule has 0 N–H and O–H groups in total. The second-order valence-corrected chi connectivity index (χ2v) is 7.65. The molecule has 0 heterocycles. The van der Waals surface area contributed by atoms with Gasteiger partial charge >= 0.3 is 0 Å². The lowest BCUT2D eigenvalue weighted by molar-refractivity contribution is 0.0528. The smallest absolute Gasteiger partial charge is 0.241 e. The van der Waals surface area contributed by atoms with Gasteiger partial charge in [0.25, 0.3) is 0 Å². The summed E-state index contributed by atoms with van der Waals surface area (Å²) in [7, 11) is 0. The number of benzene rings is 2. The van der Waals surface area contributed by atoms with Crippen LogP contribution in [0.15, 0.2) is 48.5 Å². The number of hydrogen-bond acceptors (Lipinski definition) is 1. The normalized spacial score (nSPS) is 20.0. The molecule has 0 unspecified atom stereocenters. The Labute approximate surface area is 161 Å². The molecule has 0 bridgehead atoms. The van der Waals surface area contributed by atoms with Gasteiger partial charge in [-0.3, -0.25) is 0 Å². The van der Waals surface area contributed by atoms with Crippen LogP contribution in [0.5, 0.6) is 5.75 Å². The van der Waals surface area contributed by atoms with Crippen LogP contribution < -0.4 is 4.74 Å². The number of alkyl halides is 2. The fourth-order valence-corrected chi connectivity index (χ4v) is 3.94. The number of rotatable bonds is 8. The zero-order chi connectivity index (χ0) is 19.1. The van der Waals surface area contributed by atoms with Gasteiger partial charge in [0.1, 0.15) is 5.75 Å². The second kappa shape index (κ2) is 9.87. The summed E-state index contributed by atoms with van der Waals surface area (Å²) in [5, 5.41) is 0. The van der Waals surface area contributed by atoms with Gasteiger partial charge in [0.2, 0.25) is 6.43 Å². The number of ether oxygens (including phenoxy) is 1. The van der Waals surface area contributed by atoms with Crippen LogP contribution in [0.3, 0.4) is 0 Å². The van der Waals surface area contributed by atoms with E-state index in [9.17, 15) is 8.78 Å². The summed E-state index contributed by atoms with van der Waals surface area (Å²) in [6.07, 6.45) is 4.37. The van der Waals surface area contributed by atoms with Gasteiger partial charge in [-0.05, 0) is 66.8 Å². The second-order valence-electron chi connectivity index (χ2n) is 7.65. The molecule has 0 spiro atoms. The minimum Gasteiger partial charge on any atom is -0.494 e. The van der Waals surface area contributed by atoms with E-state index in [-0.39, 0.29) is 0 Å². The topological polar surface area (TPSA) is 9.23 Å². The van der Waals surface area contributed by atoms with E-state index in [1.807, 2.05) is 12.1 Å². The standard InChI is InChI=1S/C24H30F2O/c1-2-3-4-17-27-23-15-13-21(14-16-23)19-7-5-18(6-8-19)20-9-11-22(12-10-20)24(25)26/h5-8,13-16,20,22,24H,2-4,9-12,17H2,1H3. The highest BCUT2D eigenvalue weighted by atomic mass is 19.3. The quantitative estimate of drug-likeness (QED) is 0.437. The zero-order valence-electron chi connectivity index (χ0n) is 16.2. The molecule has 2 aromatic carbocycles. The summed E-state index contributed by atoms with van der Waals surface area (Å²) in [5.41, 5.74) is 3.63. The van der Waals surface area contributed by atoms with Gasteiger partial charge in [0.15, 0.2) is 0 Å². The SMILES string of the molecule is CCCCCOc1ccc(-c2ccc(C3CCC(C(F)F)CC3)cc2)cc1. The predicted octanol–water partition coefficient (Wildman–Crippen LogP) is 7.46. The Morgan fingerprint density at radius 1 is 0.852 bits per heavy atom. The first kappa shape index (κ1) is 19.9. The van der Waals surface area contributed by atoms with E-state index >= 15 is 0 Å². The monoisotopic (exact) mass is 372 g/mol. The van der Waals surface area contributed by atoms with E-state index in [2.05, 4.69) is 43.3 Å². The van der Waals surface area contributed by atoms with Crippen molar-refractivity contribution in [1.82, 2.24) is 0 Å². The molecule has 1 fully saturated rings. The van der Waals surface area contributed by atoms with Crippen molar-refractivity contribution in [2.75, 3.05) is 6.61 Å². The molecule has 2 aromatic rings. The molecular formula is C24H30F2O. The van der Waals surface area contributed by atoms with Crippen LogP contribution in [0.2, 0.25) is 0 Å². The highest BCUT2D eigenvalue weighted by Gasteiger charge is 2.27. The van der Waals surface area contributed by atoms with Crippen molar-refractivity contribution in [2.45, 2.75) is 64.2 Å². The fraction of sp³-hybridized carbons (Fsp3) is 0.500. The van der Waals surface area contributed by atoms with Crippen molar-refractivity contribution in [3.05, 3.63) is 54.1 Å². The van der Waals surface area contributed by atoms with Crippen molar-refractivity contribution in [3.63, 3.8) is 0 Å². The van der Waals surface area contributed by atoms with Gasteiger partial charge in [-0.25, -0.2) is 8.78 Å². The maximum Gasteiger partial charge on any atom is 0.241 e. The van der Waals surface area contributed by atoms with Crippen LogP contribution in [0, 0.1) is 5.92 Å². The third kappa shape index (κ3) is 5.54. The largest absolute Gasteiger partial charge is 0.494 e. The summed E-state index contributed by atoms with van der Waals surface area (Å²) in [6.45, 7) is 2.96. The first-order chi connectivity index (χ1) is 13.2. The molecule has 146 valence electrons. The van der Waals surface area contributed by atoms with Crippen LogP contribution >= 0.6 is 0 Å². The van der Waals surface area contributed by atoms with E-state index < -0.39 is 12.3 Å². The summed E-state index contributed by atoms with van der Waals surface area (Å²) in [4.78, 5) is 0. The molecule has 1 saturated carbocycles. The van der Waals surface area contributed by atoms with Crippen molar-refractivity contribution < 1.29 is 13.5 Å². The third-order valence-corrected chi connectivity index (χ3v) is 5.71. The minimum atomic E-state index is -2.16. The lowest BCUT2D eigenvalue weighted by atomic mass is 9.78. The Kier molecular flexibility index (Phi) is 7.25. The molecule has 0 aliphatic heterocycles. The first-order valence-electron chi connectivity index (χ1n) is 10.3. The lowest BCUT2D eigenvalue weighted by Gasteiger charge is -2.28. The Morgan fingerprint density at radius 2 is 1.44 bits per heavy atom. The number of halogens is 2. The summed E-state index contributed by atoms with van der Waals surface area (Å²) >= 11 is 0. The highest BCUT2D eigenvalue weighted by Crippen LogP contribution is 2.38. The van der Waals surface area contributed by atoms with Crippen molar-refractivity contribution in [2.24, 2.45) is 5.92 Å². The predicted molar refractivity (Wildman–Crippen MR) is 108 cm³/mol. The molecule has 27 heavy (non-hydrogen) atoms. The highest BCUT2D eigenvalue weighted by molar-refractivity contribution is 5.64. The summed E-state index contributed by atoms with van der Waals surface area (Å²) < 4.78 is 31.4. The molecular weight excluding hydrogens is 342 g/mol. The maximum absolute atomic E-state index is 12.8. The zero-order valence-corrected chi connectivity index (χ0v) is 16.2. The average molecular weight is 372 g/mol. The van der Waals surface area contributed by atoms with Crippen LogP contribution in [0.4, 0.5) is 8.78 Å². The molecule has 1 aliphatic rings. The Hall–Kier alpha value is -1.90. The van der Waals surface area contributed by atoms with E-state index in [1.54, 1.807) is 0 Å². The fourth-order valence-electron chi connectivity index (χ4n) is 3.94. The van der Waals surface area contributed by atoms with Crippen LogP contribution in [-0.2, 0) is 0 Å². The molecule has 0 saturated heterocycles. The van der Waals surface area contributed by atoms with Crippen LogP contribution in [-0.4, -0.2) is 13.0 Å². The molecule has 0 atom stereocenters. The molecule has 0 radical (unpaired) electrons. The number of hydrogen-bond donors (Lipinski definition) is 0. The van der Waals surface area contributed by atoms with Gasteiger partial charge in [-0.15, -0.1) is 0 Å². The molecule has 3 heteroatoms. The molecule has 0 aromatic heterocycles. The third-order valence-electron chi connectivity index (χ3n) is 5.71. The molecule has 1 nitrogen and oxygen atoms in total. The molecule has 1 aliphatic carbocycles. The maximum atomic E-state index is 12.8.